The van der Waals surface area contributed by atoms with Crippen LogP contribution in [0.5, 0.6) is 0 Å². The molecule has 0 unspecified atom stereocenters. The van der Waals surface area contributed by atoms with E-state index < -0.39 is 6.10 Å². The summed E-state index contributed by atoms with van der Waals surface area (Å²) in [6, 6.07) is 0.164. The number of carbonyl (C=O) groups is 1. The Balaban J connectivity index is 2.06. The number of hydrogen-bond donors (Lipinski definition) is 3. The number of methoxy groups -OCH3 is 1. The lowest BCUT2D eigenvalue weighted by molar-refractivity contribution is -0.124. The lowest BCUT2D eigenvalue weighted by Crippen LogP contribution is -2.43. The van der Waals surface area contributed by atoms with Crippen molar-refractivity contribution in [1.82, 2.24) is 9.97 Å². The number of fused-ring (bicyclic) bond motifs is 1. The summed E-state index contributed by atoms with van der Waals surface area (Å²) in [5.41, 5.74) is 8.76. The van der Waals surface area contributed by atoms with Gasteiger partial charge in [-0.05, 0) is 26.0 Å². The van der Waals surface area contributed by atoms with Crippen LogP contribution in [0.4, 0.5) is 11.4 Å². The standard InChI is InChI=1S/C17H25N5O2S/c1-10(24-2)17(23)21-12-7-19-16-14(12)15(13(25-3)8-20-16)22-6-4-5-11(18)9-22/h7-8,10-11H,4-6,9,18H2,1-3H3,(H,19,20)(H,21,23)/t10-,11-/m1/s1. The Morgan fingerprint density at radius 3 is 3.08 bits per heavy atom. The van der Waals surface area contributed by atoms with Gasteiger partial charge in [0.2, 0.25) is 0 Å². The molecule has 0 radical (unpaired) electrons. The SMILES string of the molecule is CO[C@H](C)C(=O)Nc1c[nH]c2ncc(SC)c(N3CCC[C@@H](N)C3)c12. The number of pyridine rings is 1. The molecule has 0 aliphatic carbocycles. The molecule has 1 aliphatic rings. The van der Waals surface area contributed by atoms with Gasteiger partial charge in [0, 0.05) is 43.5 Å². The van der Waals surface area contributed by atoms with Gasteiger partial charge < -0.3 is 25.7 Å². The molecule has 0 aromatic carbocycles. The number of nitrogens with two attached hydrogens (primary N) is 1. The first-order valence-electron chi connectivity index (χ1n) is 8.43. The number of H-pyrrole nitrogens is 1. The number of aromatic nitrogens is 2. The molecular formula is C17H25N5O2S. The van der Waals surface area contributed by atoms with Crippen LogP contribution < -0.4 is 16.0 Å². The van der Waals surface area contributed by atoms with Crippen LogP contribution in [-0.2, 0) is 9.53 Å². The van der Waals surface area contributed by atoms with Crippen molar-refractivity contribution in [2.45, 2.75) is 36.8 Å². The number of aromatic amines is 1. The van der Waals surface area contributed by atoms with Gasteiger partial charge in [-0.25, -0.2) is 4.98 Å². The largest absolute Gasteiger partial charge is 0.372 e. The zero-order chi connectivity index (χ0) is 18.0. The molecule has 0 saturated carbocycles. The third-order valence-electron chi connectivity index (χ3n) is 4.62. The normalized spacial score (nSPS) is 19.2. The first kappa shape index (κ1) is 18.0. The third-order valence-corrected chi connectivity index (χ3v) is 5.35. The second kappa shape index (κ2) is 7.63. The molecule has 2 aromatic heterocycles. The van der Waals surface area contributed by atoms with Gasteiger partial charge in [0.1, 0.15) is 11.8 Å². The van der Waals surface area contributed by atoms with Crippen LogP contribution in [0.25, 0.3) is 11.0 Å². The molecule has 4 N–H and O–H groups in total. The molecule has 1 aliphatic heterocycles. The third kappa shape index (κ3) is 3.61. The second-order valence-corrected chi connectivity index (χ2v) is 7.16. The summed E-state index contributed by atoms with van der Waals surface area (Å²) in [4.78, 5) is 23.3. The minimum Gasteiger partial charge on any atom is -0.372 e. The molecule has 8 heteroatoms. The van der Waals surface area contributed by atoms with Crippen molar-refractivity contribution in [2.75, 3.05) is 36.7 Å². The van der Waals surface area contributed by atoms with E-state index in [1.54, 1.807) is 24.9 Å². The molecule has 1 fully saturated rings. The van der Waals surface area contributed by atoms with Crippen molar-refractivity contribution in [1.29, 1.82) is 0 Å². The van der Waals surface area contributed by atoms with Crippen LogP contribution >= 0.6 is 11.8 Å². The number of carbonyl (C=O) groups excluding carboxylic acids is 1. The van der Waals surface area contributed by atoms with Gasteiger partial charge in [-0.1, -0.05) is 0 Å². The van der Waals surface area contributed by atoms with Gasteiger partial charge in [0.05, 0.1) is 16.8 Å². The number of thioether (sulfide) groups is 1. The summed E-state index contributed by atoms with van der Waals surface area (Å²) in [6.45, 7) is 3.48. The quantitative estimate of drug-likeness (QED) is 0.705. The number of piperidine rings is 1. The van der Waals surface area contributed by atoms with E-state index in [0.717, 1.165) is 53.2 Å². The molecule has 0 spiro atoms. The smallest absolute Gasteiger partial charge is 0.253 e. The highest BCUT2D eigenvalue weighted by Gasteiger charge is 2.25. The number of rotatable bonds is 5. The average Bonchev–Trinajstić information content (AvgIpc) is 3.02. The van der Waals surface area contributed by atoms with Crippen molar-refractivity contribution in [2.24, 2.45) is 5.73 Å². The van der Waals surface area contributed by atoms with E-state index in [0.29, 0.717) is 0 Å². The molecule has 1 saturated heterocycles. The lowest BCUT2D eigenvalue weighted by atomic mass is 10.1. The van der Waals surface area contributed by atoms with E-state index in [1.807, 2.05) is 12.5 Å². The predicted octanol–water partition coefficient (Wildman–Crippen LogP) is 2.19. The van der Waals surface area contributed by atoms with Crippen LogP contribution in [0.3, 0.4) is 0 Å². The van der Waals surface area contributed by atoms with E-state index in [4.69, 9.17) is 10.5 Å². The van der Waals surface area contributed by atoms with Crippen molar-refractivity contribution >= 4 is 40.1 Å². The molecule has 1 amide bonds. The van der Waals surface area contributed by atoms with Crippen LogP contribution in [0, 0.1) is 0 Å². The van der Waals surface area contributed by atoms with Crippen molar-refractivity contribution in [3.05, 3.63) is 12.4 Å². The summed E-state index contributed by atoms with van der Waals surface area (Å²) in [5.74, 6) is -0.181. The Kier molecular flexibility index (Phi) is 5.51. The number of anilines is 2. The van der Waals surface area contributed by atoms with E-state index in [2.05, 4.69) is 20.2 Å². The Bertz CT molecular complexity index is 763. The number of amides is 1. The van der Waals surface area contributed by atoms with Gasteiger partial charge in [-0.15, -0.1) is 11.8 Å². The van der Waals surface area contributed by atoms with E-state index >= 15 is 0 Å². The molecule has 25 heavy (non-hydrogen) atoms. The summed E-state index contributed by atoms with van der Waals surface area (Å²) >= 11 is 1.65. The van der Waals surface area contributed by atoms with Crippen LogP contribution in [0.15, 0.2) is 17.3 Å². The average molecular weight is 363 g/mol. The van der Waals surface area contributed by atoms with Gasteiger partial charge in [-0.3, -0.25) is 4.79 Å². The van der Waals surface area contributed by atoms with Crippen LogP contribution in [0.1, 0.15) is 19.8 Å². The summed E-state index contributed by atoms with van der Waals surface area (Å²) in [7, 11) is 1.52. The number of ether oxygens (including phenoxy) is 1. The van der Waals surface area contributed by atoms with Crippen molar-refractivity contribution in [3.8, 4) is 0 Å². The Morgan fingerprint density at radius 1 is 1.60 bits per heavy atom. The van der Waals surface area contributed by atoms with Gasteiger partial charge in [0.25, 0.3) is 5.91 Å². The molecule has 2 aromatic rings. The van der Waals surface area contributed by atoms with Crippen LogP contribution in [-0.4, -0.2) is 54.5 Å². The lowest BCUT2D eigenvalue weighted by Gasteiger charge is -2.34. The molecule has 136 valence electrons. The molecule has 2 atom stereocenters. The first-order chi connectivity index (χ1) is 12.0. The Hall–Kier alpha value is -1.77. The highest BCUT2D eigenvalue weighted by atomic mass is 32.2. The highest BCUT2D eigenvalue weighted by molar-refractivity contribution is 7.98. The minimum atomic E-state index is -0.520. The van der Waals surface area contributed by atoms with Gasteiger partial charge >= 0.3 is 0 Å². The number of nitrogens with one attached hydrogen (secondary N) is 2. The maximum Gasteiger partial charge on any atom is 0.253 e. The number of nitrogens with zero attached hydrogens (tertiary/aromatic N) is 2. The van der Waals surface area contributed by atoms with E-state index in [9.17, 15) is 4.79 Å². The highest BCUT2D eigenvalue weighted by Crippen LogP contribution is 2.39. The summed E-state index contributed by atoms with van der Waals surface area (Å²) in [5, 5.41) is 3.88. The maximum absolute atomic E-state index is 12.3. The molecule has 3 heterocycles. The Labute approximate surface area is 151 Å². The molecular weight excluding hydrogens is 338 g/mol. The van der Waals surface area contributed by atoms with E-state index in [1.165, 1.54) is 7.11 Å². The van der Waals surface area contributed by atoms with Gasteiger partial charge in [-0.2, -0.15) is 0 Å². The van der Waals surface area contributed by atoms with Crippen molar-refractivity contribution < 1.29 is 9.53 Å². The summed E-state index contributed by atoms with van der Waals surface area (Å²) < 4.78 is 5.11. The molecule has 7 nitrogen and oxygen atoms in total. The predicted molar refractivity (Wildman–Crippen MR) is 102 cm³/mol. The first-order valence-corrected chi connectivity index (χ1v) is 9.65. The number of hydrogen-bond acceptors (Lipinski definition) is 6. The molecule has 3 rings (SSSR count). The fraction of sp³-hybridized carbons (Fsp3) is 0.529. The zero-order valence-corrected chi connectivity index (χ0v) is 15.7. The van der Waals surface area contributed by atoms with Crippen LogP contribution in [0.2, 0.25) is 0 Å². The summed E-state index contributed by atoms with van der Waals surface area (Å²) in [6.07, 6.45) is 7.28. The minimum absolute atomic E-state index is 0.164. The van der Waals surface area contributed by atoms with Crippen molar-refractivity contribution in [3.63, 3.8) is 0 Å². The molecule has 0 bridgehead atoms. The monoisotopic (exact) mass is 363 g/mol. The van der Waals surface area contributed by atoms with Gasteiger partial charge in [0.15, 0.2) is 0 Å². The second-order valence-electron chi connectivity index (χ2n) is 6.32. The topological polar surface area (TPSA) is 96.3 Å². The zero-order valence-electron chi connectivity index (χ0n) is 14.8. The maximum atomic E-state index is 12.3. The van der Waals surface area contributed by atoms with E-state index in [-0.39, 0.29) is 11.9 Å². The fourth-order valence-corrected chi connectivity index (χ4v) is 3.76. The Morgan fingerprint density at radius 2 is 2.40 bits per heavy atom. The fourth-order valence-electron chi connectivity index (χ4n) is 3.18.